The Balaban J connectivity index is 2.42. The largest absolute Gasteiger partial charge is 0.469 e. The molecule has 0 heterocycles. The third-order valence-corrected chi connectivity index (χ3v) is 3.77. The lowest BCUT2D eigenvalue weighted by molar-refractivity contribution is -0.140. The van der Waals surface area contributed by atoms with Crippen LogP contribution in [0, 0.1) is 0 Å². The molecule has 1 saturated carbocycles. The fourth-order valence-electron chi connectivity index (χ4n) is 2.50. The third-order valence-electron chi connectivity index (χ3n) is 3.77. The first-order valence-electron chi connectivity index (χ1n) is 7.98. The number of urea groups is 1. The minimum atomic E-state index is -0.341. The van der Waals surface area contributed by atoms with Gasteiger partial charge >= 0.3 is 12.0 Å². The Kier molecular flexibility index (Phi) is 9.57. The Morgan fingerprint density at radius 3 is 2.55 bits per heavy atom. The first-order valence-corrected chi connectivity index (χ1v) is 7.98. The van der Waals surface area contributed by atoms with Crippen LogP contribution in [0.15, 0.2) is 0 Å². The number of methoxy groups -OCH3 is 1. The van der Waals surface area contributed by atoms with E-state index in [1.54, 1.807) is 4.90 Å². The molecule has 2 amide bonds. The Hall–Kier alpha value is -1.34. The molecule has 2 N–H and O–H groups in total. The van der Waals surface area contributed by atoms with Crippen molar-refractivity contribution in [2.24, 2.45) is 0 Å². The summed E-state index contributed by atoms with van der Waals surface area (Å²) in [6, 6.07) is 0.0589. The quantitative estimate of drug-likeness (QED) is 0.487. The van der Waals surface area contributed by atoms with Crippen molar-refractivity contribution < 1.29 is 24.2 Å². The third kappa shape index (κ3) is 7.61. The average molecular weight is 316 g/mol. The van der Waals surface area contributed by atoms with Gasteiger partial charge in [-0.05, 0) is 12.8 Å². The molecule has 0 radical (unpaired) electrons. The van der Waals surface area contributed by atoms with Gasteiger partial charge in [0.15, 0.2) is 0 Å². The number of nitrogens with zero attached hydrogens (tertiary/aromatic N) is 1. The second-order valence-electron chi connectivity index (χ2n) is 5.43. The number of aliphatic hydroxyl groups excluding tert-OH is 1. The Morgan fingerprint density at radius 2 is 1.91 bits per heavy atom. The Labute approximate surface area is 131 Å². The zero-order valence-electron chi connectivity index (χ0n) is 13.4. The molecule has 7 nitrogen and oxygen atoms in total. The van der Waals surface area contributed by atoms with Crippen LogP contribution in [0.1, 0.15) is 38.5 Å². The highest BCUT2D eigenvalue weighted by Gasteiger charge is 2.20. The van der Waals surface area contributed by atoms with Crippen LogP contribution >= 0.6 is 0 Å². The number of rotatable bonds is 9. The van der Waals surface area contributed by atoms with Crippen molar-refractivity contribution in [3.63, 3.8) is 0 Å². The summed E-state index contributed by atoms with van der Waals surface area (Å²) in [5.74, 6) is -0.341. The molecule has 0 saturated heterocycles. The monoisotopic (exact) mass is 316 g/mol. The number of esters is 1. The van der Waals surface area contributed by atoms with Crippen molar-refractivity contribution in [2.45, 2.75) is 44.6 Å². The normalized spacial score (nSPS) is 15.4. The number of nitrogens with one attached hydrogen (secondary N) is 1. The molecule has 1 aliphatic carbocycles. The van der Waals surface area contributed by atoms with Crippen LogP contribution in [-0.2, 0) is 14.3 Å². The zero-order valence-corrected chi connectivity index (χ0v) is 13.4. The molecule has 0 atom stereocenters. The van der Waals surface area contributed by atoms with Crippen LogP contribution in [-0.4, -0.2) is 68.1 Å². The van der Waals surface area contributed by atoms with E-state index < -0.39 is 0 Å². The molecule has 0 unspecified atom stereocenters. The number of ether oxygens (including phenoxy) is 2. The van der Waals surface area contributed by atoms with Crippen molar-refractivity contribution in [1.82, 2.24) is 10.2 Å². The van der Waals surface area contributed by atoms with Gasteiger partial charge in [-0.15, -0.1) is 0 Å². The van der Waals surface area contributed by atoms with E-state index in [0.29, 0.717) is 19.7 Å². The summed E-state index contributed by atoms with van der Waals surface area (Å²) >= 11 is 0. The van der Waals surface area contributed by atoms with E-state index in [-0.39, 0.29) is 37.7 Å². The van der Waals surface area contributed by atoms with Crippen LogP contribution in [0.25, 0.3) is 0 Å². The number of carbonyl (C=O) groups excluding carboxylic acids is 2. The Morgan fingerprint density at radius 1 is 1.18 bits per heavy atom. The first kappa shape index (κ1) is 18.7. The second-order valence-corrected chi connectivity index (χ2v) is 5.43. The molecule has 1 aliphatic rings. The van der Waals surface area contributed by atoms with E-state index in [1.165, 1.54) is 13.5 Å². The maximum absolute atomic E-state index is 12.3. The van der Waals surface area contributed by atoms with E-state index >= 15 is 0 Å². The maximum atomic E-state index is 12.3. The average Bonchev–Trinajstić information content (AvgIpc) is 2.54. The zero-order chi connectivity index (χ0) is 16.2. The van der Waals surface area contributed by atoms with Gasteiger partial charge in [0.05, 0.1) is 33.4 Å². The summed E-state index contributed by atoms with van der Waals surface area (Å²) in [6.45, 7) is 1.22. The van der Waals surface area contributed by atoms with Crippen molar-refractivity contribution in [2.75, 3.05) is 40.0 Å². The molecule has 0 aromatic heterocycles. The van der Waals surface area contributed by atoms with Gasteiger partial charge in [-0.1, -0.05) is 19.3 Å². The predicted molar refractivity (Wildman–Crippen MR) is 81.5 cm³/mol. The standard InChI is InChI=1S/C15H28N2O5/c1-21-14(19)7-8-17(9-11-22-12-10-18)15(20)16-13-5-3-2-4-6-13/h13,18H,2-12H2,1H3,(H,16,20). The highest BCUT2D eigenvalue weighted by Crippen LogP contribution is 2.17. The lowest BCUT2D eigenvalue weighted by Crippen LogP contribution is -2.47. The minimum Gasteiger partial charge on any atom is -0.469 e. The molecule has 0 aromatic rings. The molecular weight excluding hydrogens is 288 g/mol. The SMILES string of the molecule is COC(=O)CCN(CCOCCO)C(=O)NC1CCCCC1. The van der Waals surface area contributed by atoms with Gasteiger partial charge in [0.1, 0.15) is 0 Å². The topological polar surface area (TPSA) is 88.1 Å². The number of carbonyl (C=O) groups is 2. The fourth-order valence-corrected chi connectivity index (χ4v) is 2.50. The van der Waals surface area contributed by atoms with Crippen LogP contribution < -0.4 is 5.32 Å². The van der Waals surface area contributed by atoms with Crippen molar-refractivity contribution >= 4 is 12.0 Å². The smallest absolute Gasteiger partial charge is 0.317 e. The highest BCUT2D eigenvalue weighted by molar-refractivity contribution is 5.76. The molecule has 1 fully saturated rings. The summed E-state index contributed by atoms with van der Waals surface area (Å²) in [5.41, 5.74) is 0. The van der Waals surface area contributed by atoms with Crippen molar-refractivity contribution in [3.8, 4) is 0 Å². The van der Waals surface area contributed by atoms with E-state index in [1.807, 2.05) is 0 Å². The predicted octanol–water partition coefficient (Wildman–Crippen LogP) is 0.903. The first-order chi connectivity index (χ1) is 10.7. The number of aliphatic hydroxyl groups is 1. The number of hydrogen-bond acceptors (Lipinski definition) is 5. The van der Waals surface area contributed by atoms with Crippen LogP contribution in [0.3, 0.4) is 0 Å². The number of amides is 2. The van der Waals surface area contributed by atoms with Gasteiger partial charge in [0.2, 0.25) is 0 Å². The molecule has 128 valence electrons. The van der Waals surface area contributed by atoms with Crippen molar-refractivity contribution in [3.05, 3.63) is 0 Å². The van der Waals surface area contributed by atoms with Gasteiger partial charge in [-0.2, -0.15) is 0 Å². The summed E-state index contributed by atoms with van der Waals surface area (Å²) < 4.78 is 9.81. The minimum absolute atomic E-state index is 0.0452. The number of hydrogen-bond donors (Lipinski definition) is 2. The molecule has 0 spiro atoms. The summed E-state index contributed by atoms with van der Waals surface area (Å²) in [7, 11) is 1.33. The summed E-state index contributed by atoms with van der Waals surface area (Å²) in [6.07, 6.45) is 5.70. The molecule has 0 bridgehead atoms. The van der Waals surface area contributed by atoms with Gasteiger partial charge < -0.3 is 24.8 Å². The lowest BCUT2D eigenvalue weighted by atomic mass is 9.96. The fraction of sp³-hybridized carbons (Fsp3) is 0.867. The summed E-state index contributed by atoms with van der Waals surface area (Å²) in [5, 5.41) is 11.7. The molecule has 0 aliphatic heterocycles. The maximum Gasteiger partial charge on any atom is 0.317 e. The van der Waals surface area contributed by atoms with Gasteiger partial charge in [-0.25, -0.2) is 4.79 Å². The van der Waals surface area contributed by atoms with Crippen LogP contribution in [0.4, 0.5) is 4.79 Å². The van der Waals surface area contributed by atoms with Gasteiger partial charge in [0.25, 0.3) is 0 Å². The lowest BCUT2D eigenvalue weighted by Gasteiger charge is -2.28. The second kappa shape index (κ2) is 11.3. The molecular formula is C15H28N2O5. The molecule has 0 aromatic carbocycles. The molecule has 7 heteroatoms. The molecule has 1 rings (SSSR count). The van der Waals surface area contributed by atoms with Crippen LogP contribution in [0.2, 0.25) is 0 Å². The van der Waals surface area contributed by atoms with Gasteiger partial charge in [-0.3, -0.25) is 4.79 Å². The van der Waals surface area contributed by atoms with E-state index in [0.717, 1.165) is 25.7 Å². The van der Waals surface area contributed by atoms with E-state index in [2.05, 4.69) is 10.1 Å². The van der Waals surface area contributed by atoms with Crippen molar-refractivity contribution in [1.29, 1.82) is 0 Å². The van der Waals surface area contributed by atoms with Gasteiger partial charge in [0, 0.05) is 19.1 Å². The Bertz CT molecular complexity index is 332. The van der Waals surface area contributed by atoms with E-state index in [9.17, 15) is 9.59 Å². The van der Waals surface area contributed by atoms with Crippen LogP contribution in [0.5, 0.6) is 0 Å². The summed E-state index contributed by atoms with van der Waals surface area (Å²) in [4.78, 5) is 25.2. The van der Waals surface area contributed by atoms with E-state index in [4.69, 9.17) is 9.84 Å². The molecule has 22 heavy (non-hydrogen) atoms. The highest BCUT2D eigenvalue weighted by atomic mass is 16.5.